The van der Waals surface area contributed by atoms with Gasteiger partial charge in [-0.15, -0.1) is 0 Å². The molecule has 3 rings (SSSR count). The Bertz CT molecular complexity index is 666. The topological polar surface area (TPSA) is 30.7 Å². The molecule has 0 saturated carbocycles. The average molecular weight is 253 g/mol. The zero-order valence-electron chi connectivity index (χ0n) is 10.2. The molecule has 0 fully saturated rings. The van der Waals surface area contributed by atoms with Crippen LogP contribution < -0.4 is 0 Å². The van der Waals surface area contributed by atoms with Gasteiger partial charge in [0.25, 0.3) is 0 Å². The summed E-state index contributed by atoms with van der Waals surface area (Å²) < 4.78 is 15.1. The first-order valence-corrected chi connectivity index (χ1v) is 6.02. The lowest BCUT2D eigenvalue weighted by Gasteiger charge is -1.98. The van der Waals surface area contributed by atoms with Gasteiger partial charge in [-0.2, -0.15) is 5.10 Å². The maximum absolute atomic E-state index is 13.4. The Balaban J connectivity index is 1.96. The molecule has 0 unspecified atom stereocenters. The molecular weight excluding hydrogens is 241 g/mol. The summed E-state index contributed by atoms with van der Waals surface area (Å²) >= 11 is 0. The molecule has 0 aliphatic heterocycles. The van der Waals surface area contributed by atoms with E-state index in [0.717, 1.165) is 17.0 Å². The quantitative estimate of drug-likeness (QED) is 0.820. The van der Waals surface area contributed by atoms with E-state index in [1.165, 1.54) is 0 Å². The van der Waals surface area contributed by atoms with Crippen LogP contribution in [0.2, 0.25) is 0 Å². The molecule has 19 heavy (non-hydrogen) atoms. The van der Waals surface area contributed by atoms with Crippen molar-refractivity contribution >= 4 is 5.57 Å². The maximum atomic E-state index is 13.4. The fourth-order valence-corrected chi connectivity index (χ4v) is 1.89. The number of pyridine rings is 1. The molecule has 0 amide bonds. The molecule has 0 N–H and O–H groups in total. The Morgan fingerprint density at radius 3 is 3.05 bits per heavy atom. The minimum absolute atomic E-state index is 0.148. The predicted octanol–water partition coefficient (Wildman–Crippen LogP) is 3.46. The van der Waals surface area contributed by atoms with Gasteiger partial charge in [-0.1, -0.05) is 24.3 Å². The first-order chi connectivity index (χ1) is 9.33. The first kappa shape index (κ1) is 11.6. The van der Waals surface area contributed by atoms with Gasteiger partial charge in [-0.3, -0.25) is 0 Å². The lowest BCUT2D eigenvalue weighted by atomic mass is 10.1. The van der Waals surface area contributed by atoms with Gasteiger partial charge in [0.05, 0.1) is 6.20 Å². The lowest BCUT2D eigenvalue weighted by molar-refractivity contribution is 0.619. The summed E-state index contributed by atoms with van der Waals surface area (Å²) in [5, 5.41) is 4.25. The third-order valence-electron chi connectivity index (χ3n) is 2.84. The smallest absolute Gasteiger partial charge is 0.153 e. The predicted molar refractivity (Wildman–Crippen MR) is 72.3 cm³/mol. The zero-order valence-corrected chi connectivity index (χ0v) is 10.2. The number of hydrogen-bond acceptors (Lipinski definition) is 2. The largest absolute Gasteiger partial charge is 0.237 e. The molecule has 2 aromatic heterocycles. The van der Waals surface area contributed by atoms with E-state index in [0.29, 0.717) is 6.42 Å². The molecular formula is C15H12FN3. The summed E-state index contributed by atoms with van der Waals surface area (Å²) in [5.41, 5.74) is 1.68. The molecule has 3 nitrogen and oxygen atoms in total. The molecule has 1 aliphatic rings. The molecule has 1 aliphatic carbocycles. The van der Waals surface area contributed by atoms with Crippen LogP contribution in [0.15, 0.2) is 66.9 Å². The van der Waals surface area contributed by atoms with Crippen molar-refractivity contribution in [1.29, 1.82) is 0 Å². The van der Waals surface area contributed by atoms with E-state index in [1.807, 2.05) is 36.5 Å². The summed E-state index contributed by atoms with van der Waals surface area (Å²) in [7, 11) is 0. The Kier molecular flexibility index (Phi) is 3.06. The monoisotopic (exact) mass is 253 g/mol. The van der Waals surface area contributed by atoms with Crippen LogP contribution in [0.3, 0.4) is 0 Å². The van der Waals surface area contributed by atoms with Crippen molar-refractivity contribution in [2.75, 3.05) is 0 Å². The van der Waals surface area contributed by atoms with E-state index in [9.17, 15) is 4.39 Å². The van der Waals surface area contributed by atoms with E-state index >= 15 is 0 Å². The molecule has 0 atom stereocenters. The highest BCUT2D eigenvalue weighted by atomic mass is 19.1. The van der Waals surface area contributed by atoms with Gasteiger partial charge in [-0.05, 0) is 23.8 Å². The molecule has 4 heteroatoms. The Labute approximate surface area is 110 Å². The van der Waals surface area contributed by atoms with Crippen molar-refractivity contribution in [3.05, 3.63) is 72.5 Å². The van der Waals surface area contributed by atoms with E-state index in [1.54, 1.807) is 29.2 Å². The number of aromatic nitrogens is 3. The normalized spacial score (nSPS) is 14.8. The SMILES string of the molecule is FC1=CC(c2cnn(-c3ccccn3)c2)=CC=CC1. The Morgan fingerprint density at radius 2 is 2.21 bits per heavy atom. The van der Waals surface area contributed by atoms with Crippen LogP contribution in [-0.2, 0) is 0 Å². The van der Waals surface area contributed by atoms with Crippen molar-refractivity contribution in [3.8, 4) is 5.82 Å². The van der Waals surface area contributed by atoms with Crippen molar-refractivity contribution in [3.63, 3.8) is 0 Å². The van der Waals surface area contributed by atoms with Gasteiger partial charge in [0, 0.05) is 24.4 Å². The minimum atomic E-state index is -0.148. The molecule has 0 bridgehead atoms. The number of nitrogens with zero attached hydrogens (tertiary/aromatic N) is 3. The second-order valence-corrected chi connectivity index (χ2v) is 4.21. The highest BCUT2D eigenvalue weighted by molar-refractivity contribution is 5.75. The highest BCUT2D eigenvalue weighted by Crippen LogP contribution is 2.22. The maximum Gasteiger partial charge on any atom is 0.153 e. The van der Waals surface area contributed by atoms with E-state index in [-0.39, 0.29) is 5.83 Å². The van der Waals surface area contributed by atoms with Crippen molar-refractivity contribution < 1.29 is 4.39 Å². The second-order valence-electron chi connectivity index (χ2n) is 4.21. The molecule has 0 aromatic carbocycles. The fourth-order valence-electron chi connectivity index (χ4n) is 1.89. The fraction of sp³-hybridized carbons (Fsp3) is 0.0667. The lowest BCUT2D eigenvalue weighted by Crippen LogP contribution is -1.96. The van der Waals surface area contributed by atoms with Crippen LogP contribution in [0.25, 0.3) is 11.4 Å². The molecule has 0 radical (unpaired) electrons. The molecule has 0 spiro atoms. The summed E-state index contributed by atoms with van der Waals surface area (Å²) in [6.07, 6.45) is 12.7. The molecule has 0 saturated heterocycles. The summed E-state index contributed by atoms with van der Waals surface area (Å²) in [6, 6.07) is 5.62. The summed E-state index contributed by atoms with van der Waals surface area (Å²) in [6.45, 7) is 0. The van der Waals surface area contributed by atoms with Gasteiger partial charge >= 0.3 is 0 Å². The number of halogens is 1. The molecule has 94 valence electrons. The minimum Gasteiger partial charge on any atom is -0.237 e. The first-order valence-electron chi connectivity index (χ1n) is 6.02. The highest BCUT2D eigenvalue weighted by Gasteiger charge is 2.07. The van der Waals surface area contributed by atoms with Crippen LogP contribution in [0.5, 0.6) is 0 Å². The number of rotatable bonds is 2. The third-order valence-corrected chi connectivity index (χ3v) is 2.84. The van der Waals surface area contributed by atoms with Crippen molar-refractivity contribution in [2.24, 2.45) is 0 Å². The van der Waals surface area contributed by atoms with E-state index < -0.39 is 0 Å². The zero-order chi connectivity index (χ0) is 13.1. The number of hydrogen-bond donors (Lipinski definition) is 0. The summed E-state index contributed by atoms with van der Waals surface area (Å²) in [5.74, 6) is 0.591. The van der Waals surface area contributed by atoms with Crippen LogP contribution in [0, 0.1) is 0 Å². The average Bonchev–Trinajstić information content (AvgIpc) is 2.83. The summed E-state index contributed by atoms with van der Waals surface area (Å²) in [4.78, 5) is 4.22. The number of allylic oxidation sites excluding steroid dienone is 6. The van der Waals surface area contributed by atoms with Gasteiger partial charge in [0.15, 0.2) is 5.82 Å². The van der Waals surface area contributed by atoms with Gasteiger partial charge in [0.2, 0.25) is 0 Å². The van der Waals surface area contributed by atoms with Crippen LogP contribution >= 0.6 is 0 Å². The molecule has 2 heterocycles. The Morgan fingerprint density at radius 1 is 1.26 bits per heavy atom. The molecule has 2 aromatic rings. The van der Waals surface area contributed by atoms with Crippen molar-refractivity contribution in [1.82, 2.24) is 14.8 Å². The van der Waals surface area contributed by atoms with Crippen LogP contribution in [0.4, 0.5) is 4.39 Å². The van der Waals surface area contributed by atoms with E-state index in [2.05, 4.69) is 10.1 Å². The van der Waals surface area contributed by atoms with E-state index in [4.69, 9.17) is 0 Å². The Hall–Kier alpha value is -2.49. The van der Waals surface area contributed by atoms with Gasteiger partial charge in [-0.25, -0.2) is 14.1 Å². The van der Waals surface area contributed by atoms with Crippen molar-refractivity contribution in [2.45, 2.75) is 6.42 Å². The standard InChI is InChI=1S/C15H12FN3/c16-14-6-2-1-5-12(9-14)13-10-18-19(11-13)15-7-3-4-8-17-15/h1-5,7-11H,6H2. The van der Waals surface area contributed by atoms with Gasteiger partial charge in [0.1, 0.15) is 5.83 Å². The third kappa shape index (κ3) is 2.52. The van der Waals surface area contributed by atoms with Crippen LogP contribution in [-0.4, -0.2) is 14.8 Å². The second kappa shape index (κ2) is 5.02. The van der Waals surface area contributed by atoms with Gasteiger partial charge < -0.3 is 0 Å². The van der Waals surface area contributed by atoms with Crippen LogP contribution in [0.1, 0.15) is 12.0 Å².